The Kier molecular flexibility index (Phi) is 5.55. The Morgan fingerprint density at radius 2 is 2.17 bits per heavy atom. The minimum atomic E-state index is -4.26. The number of pyridine rings is 1. The van der Waals surface area contributed by atoms with Crippen LogP contribution in [0.3, 0.4) is 0 Å². The summed E-state index contributed by atoms with van der Waals surface area (Å²) < 4.78 is 40.3. The molecule has 0 aliphatic carbocycles. The SMILES string of the molecule is CNC(CCOCC(F)(F)F)c1cnccc1C. The lowest BCUT2D eigenvalue weighted by molar-refractivity contribution is -0.174. The normalized spacial score (nSPS) is 13.6. The minimum absolute atomic E-state index is 0.0491. The molecule has 1 N–H and O–H groups in total. The summed E-state index contributed by atoms with van der Waals surface area (Å²) in [7, 11) is 1.76. The number of aryl methyl sites for hydroxylation is 1. The number of ether oxygens (including phenoxy) is 1. The van der Waals surface area contributed by atoms with Crippen LogP contribution in [0.1, 0.15) is 23.6 Å². The predicted molar refractivity (Wildman–Crippen MR) is 62.3 cm³/mol. The van der Waals surface area contributed by atoms with Gasteiger partial charge in [0.1, 0.15) is 6.61 Å². The Hall–Kier alpha value is -1.14. The van der Waals surface area contributed by atoms with Gasteiger partial charge in [-0.3, -0.25) is 4.98 Å². The highest BCUT2D eigenvalue weighted by molar-refractivity contribution is 5.24. The van der Waals surface area contributed by atoms with Crippen molar-refractivity contribution in [1.29, 1.82) is 0 Å². The van der Waals surface area contributed by atoms with E-state index >= 15 is 0 Å². The molecule has 1 unspecified atom stereocenters. The van der Waals surface area contributed by atoms with Crippen molar-refractivity contribution in [2.45, 2.75) is 25.6 Å². The molecule has 1 rings (SSSR count). The molecule has 102 valence electrons. The molecular formula is C12H17F3N2O. The number of rotatable bonds is 6. The molecule has 0 aromatic carbocycles. The van der Waals surface area contributed by atoms with Crippen LogP contribution < -0.4 is 5.32 Å². The van der Waals surface area contributed by atoms with E-state index in [1.807, 2.05) is 13.0 Å². The van der Waals surface area contributed by atoms with Crippen LogP contribution in [-0.2, 0) is 4.74 Å². The van der Waals surface area contributed by atoms with Gasteiger partial charge in [0.25, 0.3) is 0 Å². The van der Waals surface area contributed by atoms with Gasteiger partial charge in [0.2, 0.25) is 0 Å². The zero-order valence-corrected chi connectivity index (χ0v) is 10.4. The Morgan fingerprint density at radius 3 is 2.72 bits per heavy atom. The first-order valence-corrected chi connectivity index (χ1v) is 5.66. The summed E-state index contributed by atoms with van der Waals surface area (Å²) in [5.74, 6) is 0. The molecule has 0 saturated heterocycles. The van der Waals surface area contributed by atoms with Crippen molar-refractivity contribution in [3.8, 4) is 0 Å². The van der Waals surface area contributed by atoms with Crippen molar-refractivity contribution in [3.05, 3.63) is 29.6 Å². The van der Waals surface area contributed by atoms with Crippen molar-refractivity contribution >= 4 is 0 Å². The topological polar surface area (TPSA) is 34.1 Å². The summed E-state index contributed by atoms with van der Waals surface area (Å²) in [4.78, 5) is 4.02. The molecule has 0 spiro atoms. The van der Waals surface area contributed by atoms with E-state index in [-0.39, 0.29) is 12.6 Å². The maximum Gasteiger partial charge on any atom is 0.411 e. The second-order valence-electron chi connectivity index (χ2n) is 4.03. The van der Waals surface area contributed by atoms with Crippen molar-refractivity contribution < 1.29 is 17.9 Å². The van der Waals surface area contributed by atoms with Crippen LogP contribution >= 0.6 is 0 Å². The van der Waals surface area contributed by atoms with Crippen molar-refractivity contribution in [1.82, 2.24) is 10.3 Å². The Bertz CT molecular complexity index is 369. The first-order chi connectivity index (χ1) is 8.44. The standard InChI is InChI=1S/C12H17F3N2O/c1-9-3-5-17-7-10(9)11(16-2)4-6-18-8-12(13,14)15/h3,5,7,11,16H,4,6,8H2,1-2H3. The highest BCUT2D eigenvalue weighted by atomic mass is 19.4. The third-order valence-electron chi connectivity index (χ3n) is 2.62. The van der Waals surface area contributed by atoms with Crippen molar-refractivity contribution in [2.75, 3.05) is 20.3 Å². The summed E-state index contributed by atoms with van der Waals surface area (Å²) in [6.45, 7) is 0.798. The number of hydrogen-bond acceptors (Lipinski definition) is 3. The molecule has 0 saturated carbocycles. The number of hydrogen-bond donors (Lipinski definition) is 1. The van der Waals surface area contributed by atoms with Gasteiger partial charge in [0, 0.05) is 25.0 Å². The molecule has 0 radical (unpaired) electrons. The smallest absolute Gasteiger partial charge is 0.372 e. The Labute approximate surface area is 104 Å². The van der Waals surface area contributed by atoms with E-state index < -0.39 is 12.8 Å². The van der Waals surface area contributed by atoms with Gasteiger partial charge in [-0.2, -0.15) is 13.2 Å². The maximum absolute atomic E-state index is 11.9. The van der Waals surface area contributed by atoms with E-state index in [4.69, 9.17) is 0 Å². The summed E-state index contributed by atoms with van der Waals surface area (Å²) in [6.07, 6.45) is -0.384. The molecule has 0 bridgehead atoms. The lowest BCUT2D eigenvalue weighted by Gasteiger charge is -2.18. The Balaban J connectivity index is 2.46. The van der Waals surface area contributed by atoms with Crippen LogP contribution in [0.5, 0.6) is 0 Å². The summed E-state index contributed by atoms with van der Waals surface area (Å²) in [5.41, 5.74) is 2.04. The molecule has 0 amide bonds. The zero-order valence-electron chi connectivity index (χ0n) is 10.4. The molecule has 1 aromatic heterocycles. The second-order valence-corrected chi connectivity index (χ2v) is 4.03. The van der Waals surface area contributed by atoms with Crippen LogP contribution in [0.2, 0.25) is 0 Å². The van der Waals surface area contributed by atoms with Crippen molar-refractivity contribution in [3.63, 3.8) is 0 Å². The molecule has 6 heteroatoms. The zero-order chi connectivity index (χ0) is 13.6. The average Bonchev–Trinajstić information content (AvgIpc) is 2.29. The highest BCUT2D eigenvalue weighted by Gasteiger charge is 2.27. The van der Waals surface area contributed by atoms with Gasteiger partial charge < -0.3 is 10.1 Å². The molecule has 18 heavy (non-hydrogen) atoms. The fraction of sp³-hybridized carbons (Fsp3) is 0.583. The van der Waals surface area contributed by atoms with E-state index in [2.05, 4.69) is 15.0 Å². The van der Waals surface area contributed by atoms with Crippen LogP contribution in [-0.4, -0.2) is 31.4 Å². The van der Waals surface area contributed by atoms with Gasteiger partial charge in [-0.15, -0.1) is 0 Å². The van der Waals surface area contributed by atoms with Gasteiger partial charge in [0.05, 0.1) is 0 Å². The highest BCUT2D eigenvalue weighted by Crippen LogP contribution is 2.20. The van der Waals surface area contributed by atoms with E-state index in [0.29, 0.717) is 6.42 Å². The third kappa shape index (κ3) is 5.01. The van der Waals surface area contributed by atoms with Gasteiger partial charge in [0.15, 0.2) is 0 Å². The lowest BCUT2D eigenvalue weighted by atomic mass is 10.0. The minimum Gasteiger partial charge on any atom is -0.372 e. The van der Waals surface area contributed by atoms with E-state index in [0.717, 1.165) is 11.1 Å². The summed E-state index contributed by atoms with van der Waals surface area (Å²) >= 11 is 0. The fourth-order valence-corrected chi connectivity index (χ4v) is 1.69. The van der Waals surface area contributed by atoms with E-state index in [1.54, 1.807) is 19.4 Å². The summed E-state index contributed by atoms with van der Waals surface area (Å²) in [6, 6.07) is 1.82. The third-order valence-corrected chi connectivity index (χ3v) is 2.62. The molecule has 0 fully saturated rings. The molecule has 3 nitrogen and oxygen atoms in total. The molecule has 1 heterocycles. The molecule has 1 aromatic rings. The van der Waals surface area contributed by atoms with Gasteiger partial charge in [-0.1, -0.05) is 0 Å². The lowest BCUT2D eigenvalue weighted by Crippen LogP contribution is -2.22. The largest absolute Gasteiger partial charge is 0.411 e. The molecule has 0 aliphatic heterocycles. The molecular weight excluding hydrogens is 245 g/mol. The first kappa shape index (κ1) is 14.9. The second kappa shape index (κ2) is 6.70. The van der Waals surface area contributed by atoms with Crippen LogP contribution in [0.4, 0.5) is 13.2 Å². The quantitative estimate of drug-likeness (QED) is 0.800. The fourth-order valence-electron chi connectivity index (χ4n) is 1.69. The van der Waals surface area contributed by atoms with Crippen LogP contribution in [0.25, 0.3) is 0 Å². The van der Waals surface area contributed by atoms with Gasteiger partial charge in [-0.25, -0.2) is 0 Å². The number of alkyl halides is 3. The molecule has 1 atom stereocenters. The van der Waals surface area contributed by atoms with Crippen LogP contribution in [0.15, 0.2) is 18.5 Å². The first-order valence-electron chi connectivity index (χ1n) is 5.66. The average molecular weight is 262 g/mol. The van der Waals surface area contributed by atoms with E-state index in [9.17, 15) is 13.2 Å². The number of nitrogens with one attached hydrogen (secondary N) is 1. The number of halogens is 3. The molecule has 0 aliphatic rings. The number of aromatic nitrogens is 1. The maximum atomic E-state index is 11.9. The summed E-state index contributed by atoms with van der Waals surface area (Å²) in [5, 5.41) is 3.06. The monoisotopic (exact) mass is 262 g/mol. The van der Waals surface area contributed by atoms with Gasteiger partial charge in [-0.05, 0) is 37.6 Å². The van der Waals surface area contributed by atoms with Gasteiger partial charge >= 0.3 is 6.18 Å². The van der Waals surface area contributed by atoms with Crippen molar-refractivity contribution in [2.24, 2.45) is 0 Å². The predicted octanol–water partition coefficient (Wildman–Crippen LogP) is 2.62. The van der Waals surface area contributed by atoms with Crippen LogP contribution in [0, 0.1) is 6.92 Å². The number of nitrogens with zero attached hydrogens (tertiary/aromatic N) is 1. The van der Waals surface area contributed by atoms with E-state index in [1.165, 1.54) is 0 Å². The Morgan fingerprint density at radius 1 is 1.44 bits per heavy atom.